The van der Waals surface area contributed by atoms with Crippen LogP contribution in [0.1, 0.15) is 25.0 Å². The number of carbonyl (C=O) groups excluding carboxylic acids is 2. The van der Waals surface area contributed by atoms with Crippen LogP contribution >= 0.6 is 0 Å². The predicted molar refractivity (Wildman–Crippen MR) is 75.9 cm³/mol. The zero-order chi connectivity index (χ0) is 14.8. The highest BCUT2D eigenvalue weighted by atomic mass is 16.5. The maximum Gasteiger partial charge on any atom is 0.309 e. The monoisotopic (exact) mass is 281 g/mol. The van der Waals surface area contributed by atoms with Crippen LogP contribution in [-0.4, -0.2) is 37.1 Å². The average molecular weight is 281 g/mol. The molecule has 0 saturated heterocycles. The Kier molecular flexibility index (Phi) is 7.42. The van der Waals surface area contributed by atoms with Crippen LogP contribution in [0.3, 0.4) is 0 Å². The average Bonchev–Trinajstić information content (AvgIpc) is 2.96. The van der Waals surface area contributed by atoms with Crippen LogP contribution in [-0.2, 0) is 20.7 Å². The minimum absolute atomic E-state index is 0.0288. The summed E-state index contributed by atoms with van der Waals surface area (Å²) in [6.07, 6.45) is 4.06. The van der Waals surface area contributed by atoms with E-state index in [1.807, 2.05) is 18.3 Å². The van der Waals surface area contributed by atoms with Gasteiger partial charge in [-0.1, -0.05) is 0 Å². The third-order valence-electron chi connectivity index (χ3n) is 3.09. The van der Waals surface area contributed by atoms with E-state index < -0.39 is 0 Å². The number of carbonyl (C=O) groups is 2. The summed E-state index contributed by atoms with van der Waals surface area (Å²) >= 11 is 0. The minimum atomic E-state index is -0.256. The molecule has 4 N–H and O–H groups in total. The molecule has 0 radical (unpaired) electrons. The molecule has 0 aliphatic rings. The van der Waals surface area contributed by atoms with E-state index >= 15 is 0 Å². The molecule has 1 heterocycles. The highest BCUT2D eigenvalue weighted by molar-refractivity contribution is 5.76. The van der Waals surface area contributed by atoms with Crippen LogP contribution in [0, 0.1) is 5.92 Å². The smallest absolute Gasteiger partial charge is 0.309 e. The number of ether oxygens (including phenoxy) is 1. The minimum Gasteiger partial charge on any atom is -0.469 e. The number of aromatic nitrogens is 1. The van der Waals surface area contributed by atoms with Crippen molar-refractivity contribution >= 4 is 11.9 Å². The molecule has 20 heavy (non-hydrogen) atoms. The highest BCUT2D eigenvalue weighted by Gasteiger charge is 2.20. The van der Waals surface area contributed by atoms with Crippen molar-refractivity contribution in [1.29, 1.82) is 0 Å². The van der Waals surface area contributed by atoms with E-state index in [1.54, 1.807) is 0 Å². The van der Waals surface area contributed by atoms with E-state index in [1.165, 1.54) is 7.11 Å². The number of amides is 1. The van der Waals surface area contributed by atoms with Gasteiger partial charge >= 0.3 is 5.97 Å². The fraction of sp³-hybridized carbons (Fsp3) is 0.571. The SMILES string of the molecule is COC(=O)C(CCNC(=O)CCCN)Cc1ccc[nH]1. The van der Waals surface area contributed by atoms with Crippen LogP contribution in [0.2, 0.25) is 0 Å². The van der Waals surface area contributed by atoms with Gasteiger partial charge in [0.15, 0.2) is 0 Å². The third kappa shape index (κ3) is 5.88. The fourth-order valence-corrected chi connectivity index (χ4v) is 1.97. The first-order valence-corrected chi connectivity index (χ1v) is 6.84. The summed E-state index contributed by atoms with van der Waals surface area (Å²) in [5.74, 6) is -0.539. The second kappa shape index (κ2) is 9.14. The van der Waals surface area contributed by atoms with E-state index in [2.05, 4.69) is 10.3 Å². The molecule has 1 unspecified atom stereocenters. The molecular formula is C14H23N3O3. The molecule has 1 aromatic heterocycles. The van der Waals surface area contributed by atoms with E-state index in [0.29, 0.717) is 38.8 Å². The quantitative estimate of drug-likeness (QED) is 0.577. The summed E-state index contributed by atoms with van der Waals surface area (Å²) in [5, 5.41) is 2.79. The maximum absolute atomic E-state index is 11.7. The molecule has 0 aliphatic carbocycles. The first-order chi connectivity index (χ1) is 9.67. The molecule has 0 fully saturated rings. The normalized spacial score (nSPS) is 11.9. The third-order valence-corrected chi connectivity index (χ3v) is 3.09. The zero-order valence-corrected chi connectivity index (χ0v) is 11.9. The second-order valence-electron chi connectivity index (χ2n) is 4.65. The van der Waals surface area contributed by atoms with Gasteiger partial charge in [0.05, 0.1) is 13.0 Å². The Balaban J connectivity index is 2.37. The molecule has 6 heteroatoms. The van der Waals surface area contributed by atoms with E-state index in [4.69, 9.17) is 10.5 Å². The van der Waals surface area contributed by atoms with Crippen LogP contribution in [0.4, 0.5) is 0 Å². The molecule has 112 valence electrons. The molecule has 1 rings (SSSR count). The van der Waals surface area contributed by atoms with Gasteiger partial charge in [0.25, 0.3) is 0 Å². The Morgan fingerprint density at radius 2 is 2.30 bits per heavy atom. The standard InChI is InChI=1S/C14H23N3O3/c1-20-14(19)11(10-12-4-3-8-16-12)6-9-17-13(18)5-2-7-15/h3-4,8,11,16H,2,5-7,9-10,15H2,1H3,(H,17,18). The van der Waals surface area contributed by atoms with Gasteiger partial charge in [0.1, 0.15) is 0 Å². The molecule has 0 bridgehead atoms. The molecule has 0 aliphatic heterocycles. The number of nitrogens with one attached hydrogen (secondary N) is 2. The zero-order valence-electron chi connectivity index (χ0n) is 11.9. The van der Waals surface area contributed by atoms with Crippen molar-refractivity contribution in [1.82, 2.24) is 10.3 Å². The van der Waals surface area contributed by atoms with Gasteiger partial charge in [0, 0.05) is 31.3 Å². The van der Waals surface area contributed by atoms with Crippen molar-refractivity contribution < 1.29 is 14.3 Å². The summed E-state index contributed by atoms with van der Waals surface area (Å²) in [6.45, 7) is 0.967. The van der Waals surface area contributed by atoms with Crippen LogP contribution in [0.15, 0.2) is 18.3 Å². The number of esters is 1. The number of rotatable bonds is 9. The number of aromatic amines is 1. The van der Waals surface area contributed by atoms with E-state index in [9.17, 15) is 9.59 Å². The lowest BCUT2D eigenvalue weighted by Crippen LogP contribution is -2.29. The lowest BCUT2D eigenvalue weighted by Gasteiger charge is -2.14. The van der Waals surface area contributed by atoms with Crippen LogP contribution in [0.5, 0.6) is 0 Å². The Labute approximate surface area is 119 Å². The molecule has 0 saturated carbocycles. The summed E-state index contributed by atoms with van der Waals surface area (Å²) in [6, 6.07) is 3.81. The first kappa shape index (κ1) is 16.2. The number of H-pyrrole nitrogens is 1. The number of methoxy groups -OCH3 is 1. The van der Waals surface area contributed by atoms with Gasteiger partial charge in [-0.25, -0.2) is 0 Å². The highest BCUT2D eigenvalue weighted by Crippen LogP contribution is 2.12. The van der Waals surface area contributed by atoms with Gasteiger partial charge in [0.2, 0.25) is 5.91 Å². The summed E-state index contributed by atoms with van der Waals surface area (Å²) in [5.41, 5.74) is 6.32. The Hall–Kier alpha value is -1.82. The van der Waals surface area contributed by atoms with Crippen LogP contribution < -0.4 is 11.1 Å². The van der Waals surface area contributed by atoms with E-state index in [0.717, 1.165) is 5.69 Å². The molecule has 1 atom stereocenters. The molecule has 0 aromatic carbocycles. The van der Waals surface area contributed by atoms with Crippen molar-refractivity contribution in [2.45, 2.75) is 25.7 Å². The molecule has 1 aromatic rings. The first-order valence-electron chi connectivity index (χ1n) is 6.84. The molecule has 1 amide bonds. The van der Waals surface area contributed by atoms with E-state index in [-0.39, 0.29) is 17.8 Å². The van der Waals surface area contributed by atoms with Crippen LogP contribution in [0.25, 0.3) is 0 Å². The lowest BCUT2D eigenvalue weighted by molar-refractivity contribution is -0.145. The summed E-state index contributed by atoms with van der Waals surface area (Å²) in [7, 11) is 1.38. The molecular weight excluding hydrogens is 258 g/mol. The largest absolute Gasteiger partial charge is 0.469 e. The predicted octanol–water partition coefficient (Wildman–Crippen LogP) is 0.592. The number of hydrogen-bond donors (Lipinski definition) is 3. The number of nitrogens with two attached hydrogens (primary N) is 1. The topological polar surface area (TPSA) is 97.2 Å². The van der Waals surface area contributed by atoms with Crippen molar-refractivity contribution in [2.75, 3.05) is 20.2 Å². The second-order valence-corrected chi connectivity index (χ2v) is 4.65. The molecule has 0 spiro atoms. The maximum atomic E-state index is 11.7. The van der Waals surface area contributed by atoms with Gasteiger partial charge < -0.3 is 20.8 Å². The van der Waals surface area contributed by atoms with Gasteiger partial charge in [-0.15, -0.1) is 0 Å². The van der Waals surface area contributed by atoms with Crippen molar-refractivity contribution in [3.63, 3.8) is 0 Å². The van der Waals surface area contributed by atoms with Crippen molar-refractivity contribution in [3.8, 4) is 0 Å². The van der Waals surface area contributed by atoms with Gasteiger partial charge in [-0.3, -0.25) is 9.59 Å². The Morgan fingerprint density at radius 1 is 1.50 bits per heavy atom. The van der Waals surface area contributed by atoms with Crippen molar-refractivity contribution in [3.05, 3.63) is 24.0 Å². The molecule has 6 nitrogen and oxygen atoms in total. The summed E-state index contributed by atoms with van der Waals surface area (Å²) in [4.78, 5) is 26.2. The van der Waals surface area contributed by atoms with Gasteiger partial charge in [-0.05, 0) is 31.5 Å². The lowest BCUT2D eigenvalue weighted by atomic mass is 9.99. The number of hydrogen-bond acceptors (Lipinski definition) is 4. The van der Waals surface area contributed by atoms with Crippen molar-refractivity contribution in [2.24, 2.45) is 11.7 Å². The Bertz CT molecular complexity index is 404. The summed E-state index contributed by atoms with van der Waals surface area (Å²) < 4.78 is 4.80. The Morgan fingerprint density at radius 3 is 2.90 bits per heavy atom. The van der Waals surface area contributed by atoms with Gasteiger partial charge in [-0.2, -0.15) is 0 Å². The fourth-order valence-electron chi connectivity index (χ4n) is 1.97.